The molecule has 0 saturated carbocycles. The summed E-state index contributed by atoms with van der Waals surface area (Å²) in [5.74, 6) is 9.65. The van der Waals surface area contributed by atoms with Gasteiger partial charge in [0.15, 0.2) is 6.29 Å². The molecule has 0 radical (unpaired) electrons. The Morgan fingerprint density at radius 3 is 2.54 bits per heavy atom. The molecule has 1 fully saturated rings. The van der Waals surface area contributed by atoms with Gasteiger partial charge in [-0.25, -0.2) is 23.5 Å². The zero-order valence-electron chi connectivity index (χ0n) is 20.2. The molecule has 24 heteroatoms. The predicted molar refractivity (Wildman–Crippen MR) is 130 cm³/mol. The molecule has 21 nitrogen and oxygen atoms in total. The highest BCUT2D eigenvalue weighted by atomic mass is 31.3. The SMILES string of the molecule is NOc1ccc(C(=O)NCC#Cc2cn(C3CCC(OOP(=O)(O)OP(=O)(O)OP(=O)(O)O)O3)c(=O)nc2N)cn1. The van der Waals surface area contributed by atoms with Crippen molar-refractivity contribution in [3.05, 3.63) is 46.1 Å². The van der Waals surface area contributed by atoms with Crippen LogP contribution < -0.4 is 27.5 Å². The van der Waals surface area contributed by atoms with Crippen LogP contribution in [0.2, 0.25) is 0 Å². The molecule has 9 N–H and O–H groups in total. The largest absolute Gasteiger partial charge is 0.508 e. The second-order valence-electron chi connectivity index (χ2n) is 7.58. The maximum absolute atomic E-state index is 12.3. The van der Waals surface area contributed by atoms with Crippen molar-refractivity contribution in [2.24, 2.45) is 5.90 Å². The molecule has 1 aliphatic heterocycles. The van der Waals surface area contributed by atoms with Gasteiger partial charge >= 0.3 is 29.2 Å². The van der Waals surface area contributed by atoms with E-state index in [0.717, 1.165) is 4.57 Å². The van der Waals surface area contributed by atoms with Crippen LogP contribution in [0.4, 0.5) is 5.82 Å². The van der Waals surface area contributed by atoms with Crippen molar-refractivity contribution >= 4 is 35.2 Å². The number of rotatable bonds is 11. The fourth-order valence-corrected chi connectivity index (χ4v) is 5.82. The summed E-state index contributed by atoms with van der Waals surface area (Å²) in [5.41, 5.74) is 5.21. The number of nitrogens with one attached hydrogen (secondary N) is 1. The summed E-state index contributed by atoms with van der Waals surface area (Å²) in [5, 5.41) is 2.52. The van der Waals surface area contributed by atoms with Crippen LogP contribution in [0.3, 0.4) is 0 Å². The van der Waals surface area contributed by atoms with E-state index in [0.29, 0.717) is 0 Å². The molecule has 0 aromatic carbocycles. The van der Waals surface area contributed by atoms with Gasteiger partial charge in [-0.05, 0) is 12.5 Å². The first-order valence-corrected chi connectivity index (χ1v) is 15.2. The molecule has 4 unspecified atom stereocenters. The highest BCUT2D eigenvalue weighted by Crippen LogP contribution is 2.66. The Hall–Kier alpha value is -3.05. The zero-order valence-corrected chi connectivity index (χ0v) is 22.9. The van der Waals surface area contributed by atoms with Crippen LogP contribution in [0, 0.1) is 11.8 Å². The minimum Gasteiger partial charge on any atom is -0.391 e. The van der Waals surface area contributed by atoms with Crippen LogP contribution >= 0.6 is 23.5 Å². The number of amides is 1. The summed E-state index contributed by atoms with van der Waals surface area (Å²) < 4.78 is 51.3. The Kier molecular flexibility index (Phi) is 10.5. The molecule has 2 aromatic heterocycles. The summed E-state index contributed by atoms with van der Waals surface area (Å²) in [7, 11) is -16.9. The number of nitrogen functional groups attached to an aromatic ring is 1. The van der Waals surface area contributed by atoms with E-state index in [-0.39, 0.29) is 42.2 Å². The molecule has 1 aliphatic rings. The molecule has 1 saturated heterocycles. The smallest absolute Gasteiger partial charge is 0.391 e. The second-order valence-corrected chi connectivity index (χ2v) is 11.9. The van der Waals surface area contributed by atoms with Crippen LogP contribution in [0.15, 0.2) is 29.3 Å². The maximum atomic E-state index is 12.3. The van der Waals surface area contributed by atoms with Crippen LogP contribution in [-0.4, -0.2) is 52.9 Å². The van der Waals surface area contributed by atoms with Gasteiger partial charge in [0.1, 0.15) is 12.0 Å². The number of aromatic nitrogens is 3. The van der Waals surface area contributed by atoms with Crippen molar-refractivity contribution in [3.8, 4) is 17.7 Å². The minimum atomic E-state index is -5.75. The number of hydrogen-bond acceptors (Lipinski definition) is 15. The van der Waals surface area contributed by atoms with Gasteiger partial charge in [-0.15, -0.1) is 4.67 Å². The van der Waals surface area contributed by atoms with Crippen LogP contribution in [0.25, 0.3) is 0 Å². The van der Waals surface area contributed by atoms with E-state index in [9.17, 15) is 28.2 Å². The zero-order chi connectivity index (χ0) is 30.4. The Balaban J connectivity index is 1.58. The molecular formula is C17H21N6O15P3. The van der Waals surface area contributed by atoms with Crippen molar-refractivity contribution in [1.29, 1.82) is 0 Å². The molecule has 2 aromatic rings. The minimum absolute atomic E-state index is 0.0441. The summed E-state index contributed by atoms with van der Waals surface area (Å²) in [6.45, 7) is -0.122. The van der Waals surface area contributed by atoms with Crippen molar-refractivity contribution in [2.75, 3.05) is 12.3 Å². The van der Waals surface area contributed by atoms with E-state index in [4.69, 9.17) is 31.0 Å². The van der Waals surface area contributed by atoms with Gasteiger partial charge in [-0.2, -0.15) is 24.4 Å². The van der Waals surface area contributed by atoms with Gasteiger partial charge < -0.3 is 40.2 Å². The van der Waals surface area contributed by atoms with E-state index in [1.165, 1.54) is 24.5 Å². The number of carbonyl (C=O) groups excluding carboxylic acids is 1. The predicted octanol–water partition coefficient (Wildman–Crippen LogP) is -0.836. The lowest BCUT2D eigenvalue weighted by molar-refractivity contribution is -0.326. The van der Waals surface area contributed by atoms with Gasteiger partial charge in [-0.3, -0.25) is 9.36 Å². The van der Waals surface area contributed by atoms with Crippen molar-refractivity contribution < 1.29 is 65.8 Å². The first-order chi connectivity index (χ1) is 19.1. The molecule has 0 bridgehead atoms. The van der Waals surface area contributed by atoms with E-state index < -0.39 is 47.6 Å². The monoisotopic (exact) mass is 642 g/mol. The second kappa shape index (κ2) is 13.3. The van der Waals surface area contributed by atoms with Crippen LogP contribution in [-0.2, 0) is 36.6 Å². The van der Waals surface area contributed by atoms with E-state index >= 15 is 0 Å². The number of anilines is 1. The number of ether oxygens (including phenoxy) is 1. The van der Waals surface area contributed by atoms with Crippen molar-refractivity contribution in [2.45, 2.75) is 25.4 Å². The number of carbonyl (C=O) groups is 1. The quantitative estimate of drug-likeness (QED) is 0.0680. The number of phosphoric acid groups is 3. The highest BCUT2D eigenvalue weighted by molar-refractivity contribution is 7.66. The van der Waals surface area contributed by atoms with Crippen molar-refractivity contribution in [1.82, 2.24) is 19.9 Å². The lowest BCUT2D eigenvalue weighted by Gasteiger charge is -2.18. The number of nitrogens with zero attached hydrogens (tertiary/aromatic N) is 3. The average molecular weight is 642 g/mol. The highest BCUT2D eigenvalue weighted by Gasteiger charge is 2.42. The summed E-state index contributed by atoms with van der Waals surface area (Å²) in [6.07, 6.45) is 0.00495. The molecule has 0 spiro atoms. The Labute approximate surface area is 228 Å². The molecular weight excluding hydrogens is 621 g/mol. The van der Waals surface area contributed by atoms with Gasteiger partial charge in [0.2, 0.25) is 5.88 Å². The standard InChI is InChI=1S/C17H21N6O15P3/c18-15-11(2-1-7-20-16(24)10-3-4-12(34-19)21-8-10)9-23(17(25)22-15)13-5-6-14(33-13)35-36-40(29,30)38-41(31,32)37-39(26,27)28/h3-4,8-9,13-14H,5-7,19H2,(H,20,24)(H,29,30)(H,31,32)(H2,18,22,25)(H2,26,27,28). The fourth-order valence-electron chi connectivity index (χ4n) is 3.00. The third-order valence-electron chi connectivity index (χ3n) is 4.59. The first kappa shape index (κ1) is 32.5. The Bertz CT molecular complexity index is 1530. The summed E-state index contributed by atoms with van der Waals surface area (Å²) in [4.78, 5) is 76.6. The molecule has 3 rings (SSSR count). The molecule has 41 heavy (non-hydrogen) atoms. The summed E-state index contributed by atoms with van der Waals surface area (Å²) in [6, 6.07) is 2.81. The van der Waals surface area contributed by atoms with Gasteiger partial charge in [-0.1, -0.05) is 11.8 Å². The first-order valence-electron chi connectivity index (χ1n) is 10.7. The lowest BCUT2D eigenvalue weighted by Crippen LogP contribution is -2.28. The maximum Gasteiger partial charge on any atom is 0.508 e. The van der Waals surface area contributed by atoms with Crippen LogP contribution in [0.5, 0.6) is 5.88 Å². The van der Waals surface area contributed by atoms with E-state index in [1.54, 1.807) is 0 Å². The number of nitrogens with two attached hydrogens (primary N) is 2. The average Bonchev–Trinajstić information content (AvgIpc) is 3.33. The third-order valence-corrected chi connectivity index (χ3v) is 8.19. The van der Waals surface area contributed by atoms with Crippen LogP contribution in [0.1, 0.15) is 35.0 Å². The number of pyridine rings is 1. The van der Waals surface area contributed by atoms with Crippen molar-refractivity contribution in [3.63, 3.8) is 0 Å². The van der Waals surface area contributed by atoms with Gasteiger partial charge in [0.25, 0.3) is 5.91 Å². The van der Waals surface area contributed by atoms with Gasteiger partial charge in [0.05, 0.1) is 17.7 Å². The molecule has 3 heterocycles. The molecule has 4 atom stereocenters. The topological polar surface area (TPSA) is 316 Å². The normalized spacial score (nSPS) is 19.8. The molecule has 224 valence electrons. The lowest BCUT2D eigenvalue weighted by atomic mass is 10.2. The van der Waals surface area contributed by atoms with E-state index in [2.05, 4.69) is 50.1 Å². The molecule has 1 amide bonds. The Morgan fingerprint density at radius 2 is 1.90 bits per heavy atom. The number of hydrogen-bond donors (Lipinski definition) is 7. The molecule has 0 aliphatic carbocycles. The summed E-state index contributed by atoms with van der Waals surface area (Å²) >= 11 is 0. The third kappa shape index (κ3) is 10.1. The van der Waals surface area contributed by atoms with E-state index in [1.807, 2.05) is 0 Å². The fraction of sp³-hybridized carbons (Fsp3) is 0.294. The Morgan fingerprint density at radius 1 is 1.17 bits per heavy atom. The van der Waals surface area contributed by atoms with Gasteiger partial charge in [0, 0.05) is 24.9 Å².